The summed E-state index contributed by atoms with van der Waals surface area (Å²) in [5, 5.41) is 7.75. The second kappa shape index (κ2) is 5.45. The van der Waals surface area contributed by atoms with Crippen molar-refractivity contribution in [1.82, 2.24) is 0 Å². The monoisotopic (exact) mass is 276 g/mol. The lowest BCUT2D eigenvalue weighted by Gasteiger charge is -2.12. The summed E-state index contributed by atoms with van der Waals surface area (Å²) in [6, 6.07) is 2.70. The predicted molar refractivity (Wildman–Crippen MR) is 61.9 cm³/mol. The largest absolute Gasteiger partial charge is 0.478 e. The van der Waals surface area contributed by atoms with E-state index in [0.717, 1.165) is 12.1 Å². The van der Waals surface area contributed by atoms with Crippen molar-refractivity contribution in [2.75, 3.05) is 13.7 Å². The van der Waals surface area contributed by atoms with Crippen LogP contribution in [0.3, 0.4) is 0 Å². The van der Waals surface area contributed by atoms with Crippen LogP contribution in [0.1, 0.15) is 17.3 Å². The van der Waals surface area contributed by atoms with Crippen molar-refractivity contribution >= 4 is 15.8 Å². The third kappa shape index (κ3) is 2.85. The first kappa shape index (κ1) is 14.6. The SMILES string of the molecule is COCC(C)S(=O)(=O)c1ccc(C(=O)O)cc1F. The Hall–Kier alpha value is -1.47. The van der Waals surface area contributed by atoms with E-state index in [-0.39, 0.29) is 12.2 Å². The van der Waals surface area contributed by atoms with Crippen molar-refractivity contribution in [2.24, 2.45) is 0 Å². The van der Waals surface area contributed by atoms with Gasteiger partial charge in [0.15, 0.2) is 9.84 Å². The highest BCUT2D eigenvalue weighted by atomic mass is 32.2. The van der Waals surface area contributed by atoms with Crippen LogP contribution in [-0.2, 0) is 14.6 Å². The second-order valence-corrected chi connectivity index (χ2v) is 6.10. The molecule has 0 radical (unpaired) electrons. The fraction of sp³-hybridized carbons (Fsp3) is 0.364. The minimum absolute atomic E-state index is 0.0670. The molecule has 1 N–H and O–H groups in total. The van der Waals surface area contributed by atoms with E-state index in [1.807, 2.05) is 0 Å². The Morgan fingerprint density at radius 2 is 2.11 bits per heavy atom. The molecule has 0 aliphatic carbocycles. The van der Waals surface area contributed by atoms with E-state index in [1.165, 1.54) is 14.0 Å². The lowest BCUT2D eigenvalue weighted by molar-refractivity contribution is 0.0696. The van der Waals surface area contributed by atoms with Gasteiger partial charge in [0.1, 0.15) is 10.7 Å². The Morgan fingerprint density at radius 1 is 1.50 bits per heavy atom. The van der Waals surface area contributed by atoms with Gasteiger partial charge in [-0.2, -0.15) is 0 Å². The van der Waals surface area contributed by atoms with Gasteiger partial charge in [0.25, 0.3) is 0 Å². The maximum Gasteiger partial charge on any atom is 0.335 e. The van der Waals surface area contributed by atoms with Crippen molar-refractivity contribution in [3.05, 3.63) is 29.6 Å². The molecule has 0 bridgehead atoms. The molecule has 1 atom stereocenters. The highest BCUT2D eigenvalue weighted by Crippen LogP contribution is 2.21. The first-order valence-corrected chi connectivity index (χ1v) is 6.61. The van der Waals surface area contributed by atoms with Gasteiger partial charge in [-0.15, -0.1) is 0 Å². The summed E-state index contributed by atoms with van der Waals surface area (Å²) in [6.45, 7) is 1.33. The summed E-state index contributed by atoms with van der Waals surface area (Å²) in [6.07, 6.45) is 0. The van der Waals surface area contributed by atoms with Crippen LogP contribution >= 0.6 is 0 Å². The van der Waals surface area contributed by atoms with Crippen molar-refractivity contribution in [2.45, 2.75) is 17.1 Å². The van der Waals surface area contributed by atoms with E-state index in [0.29, 0.717) is 6.07 Å². The molecular weight excluding hydrogens is 263 g/mol. The van der Waals surface area contributed by atoms with Gasteiger partial charge in [0, 0.05) is 7.11 Å². The van der Waals surface area contributed by atoms with E-state index in [2.05, 4.69) is 0 Å². The van der Waals surface area contributed by atoms with Crippen LogP contribution in [0.15, 0.2) is 23.1 Å². The van der Waals surface area contributed by atoms with E-state index < -0.39 is 31.8 Å². The maximum absolute atomic E-state index is 13.6. The maximum atomic E-state index is 13.6. The molecule has 0 fully saturated rings. The number of aromatic carboxylic acids is 1. The molecule has 5 nitrogen and oxygen atoms in total. The van der Waals surface area contributed by atoms with Crippen LogP contribution in [0.25, 0.3) is 0 Å². The zero-order chi connectivity index (χ0) is 13.9. The number of carboxylic acids is 1. The zero-order valence-corrected chi connectivity index (χ0v) is 10.7. The summed E-state index contributed by atoms with van der Waals surface area (Å²) in [4.78, 5) is 10.1. The van der Waals surface area contributed by atoms with Crippen LogP contribution in [0.2, 0.25) is 0 Å². The number of sulfone groups is 1. The number of rotatable bonds is 5. The number of carboxylic acid groups (broad SMARTS) is 1. The normalized spacial score (nSPS) is 13.3. The number of methoxy groups -OCH3 is 1. The van der Waals surface area contributed by atoms with Gasteiger partial charge < -0.3 is 9.84 Å². The highest BCUT2D eigenvalue weighted by molar-refractivity contribution is 7.92. The molecule has 1 unspecified atom stereocenters. The quantitative estimate of drug-likeness (QED) is 0.877. The van der Waals surface area contributed by atoms with Crippen LogP contribution in [0.4, 0.5) is 4.39 Å². The second-order valence-electron chi connectivity index (χ2n) is 3.76. The van der Waals surface area contributed by atoms with Gasteiger partial charge in [-0.3, -0.25) is 0 Å². The van der Waals surface area contributed by atoms with Gasteiger partial charge in [-0.25, -0.2) is 17.6 Å². The average molecular weight is 276 g/mol. The van der Waals surface area contributed by atoms with E-state index in [9.17, 15) is 17.6 Å². The van der Waals surface area contributed by atoms with E-state index in [1.54, 1.807) is 0 Å². The Kier molecular flexibility index (Phi) is 4.42. The molecule has 1 rings (SSSR count). The molecule has 18 heavy (non-hydrogen) atoms. The van der Waals surface area contributed by atoms with E-state index in [4.69, 9.17) is 9.84 Å². The molecule has 0 amide bonds. The Bertz CT molecular complexity index is 553. The van der Waals surface area contributed by atoms with Crippen molar-refractivity contribution < 1.29 is 27.4 Å². The molecular formula is C11H13FO5S. The van der Waals surface area contributed by atoms with Gasteiger partial charge in [-0.1, -0.05) is 0 Å². The van der Waals surface area contributed by atoms with E-state index >= 15 is 0 Å². The van der Waals surface area contributed by atoms with Gasteiger partial charge >= 0.3 is 5.97 Å². The number of halogens is 1. The Morgan fingerprint density at radius 3 is 2.56 bits per heavy atom. The average Bonchev–Trinajstić information content (AvgIpc) is 2.28. The first-order chi connectivity index (χ1) is 8.30. The fourth-order valence-electron chi connectivity index (χ4n) is 1.41. The Labute approximate surface area is 104 Å². The molecule has 100 valence electrons. The minimum Gasteiger partial charge on any atom is -0.478 e. The van der Waals surface area contributed by atoms with Crippen molar-refractivity contribution in [3.63, 3.8) is 0 Å². The lowest BCUT2D eigenvalue weighted by atomic mass is 10.2. The van der Waals surface area contributed by atoms with Crippen LogP contribution in [-0.4, -0.2) is 38.5 Å². The minimum atomic E-state index is -3.87. The molecule has 1 aromatic carbocycles. The summed E-state index contributed by atoms with van der Waals surface area (Å²) in [7, 11) is -2.52. The molecule has 0 saturated carbocycles. The molecule has 0 heterocycles. The fourth-order valence-corrected chi connectivity index (χ4v) is 2.74. The first-order valence-electron chi connectivity index (χ1n) is 5.06. The smallest absolute Gasteiger partial charge is 0.335 e. The highest BCUT2D eigenvalue weighted by Gasteiger charge is 2.27. The van der Waals surface area contributed by atoms with Crippen molar-refractivity contribution in [3.8, 4) is 0 Å². The molecule has 0 aromatic heterocycles. The lowest BCUT2D eigenvalue weighted by Crippen LogP contribution is -2.24. The van der Waals surface area contributed by atoms with Gasteiger partial charge in [0.2, 0.25) is 0 Å². The molecule has 7 heteroatoms. The van der Waals surface area contributed by atoms with Crippen molar-refractivity contribution in [1.29, 1.82) is 0 Å². The molecule has 0 saturated heterocycles. The van der Waals surface area contributed by atoms with Gasteiger partial charge in [0.05, 0.1) is 17.4 Å². The topological polar surface area (TPSA) is 80.7 Å². The number of ether oxygens (including phenoxy) is 1. The number of hydrogen-bond donors (Lipinski definition) is 1. The van der Waals surface area contributed by atoms with Crippen LogP contribution < -0.4 is 0 Å². The molecule has 0 spiro atoms. The third-order valence-electron chi connectivity index (χ3n) is 2.42. The summed E-state index contributed by atoms with van der Waals surface area (Å²) in [5.74, 6) is -2.39. The van der Waals surface area contributed by atoms with Crippen LogP contribution in [0, 0.1) is 5.82 Å². The predicted octanol–water partition coefficient (Wildman–Crippen LogP) is 1.33. The molecule has 0 aliphatic rings. The third-order valence-corrected chi connectivity index (χ3v) is 4.56. The summed E-state index contributed by atoms with van der Waals surface area (Å²) >= 11 is 0. The number of carbonyl (C=O) groups is 1. The number of benzene rings is 1. The molecule has 1 aromatic rings. The Balaban J connectivity index is 3.22. The van der Waals surface area contributed by atoms with Gasteiger partial charge in [-0.05, 0) is 25.1 Å². The number of hydrogen-bond acceptors (Lipinski definition) is 4. The summed E-state index contributed by atoms with van der Waals surface area (Å²) < 4.78 is 42.3. The standard InChI is InChI=1S/C11H13FO5S/c1-7(6-17-2)18(15,16)10-4-3-8(11(13)14)5-9(10)12/h3-5,7H,6H2,1-2H3,(H,13,14). The van der Waals surface area contributed by atoms with Crippen LogP contribution in [0.5, 0.6) is 0 Å². The molecule has 0 aliphatic heterocycles. The summed E-state index contributed by atoms with van der Waals surface area (Å²) in [5.41, 5.74) is -0.300. The zero-order valence-electron chi connectivity index (χ0n) is 9.88.